The summed E-state index contributed by atoms with van der Waals surface area (Å²) in [5.41, 5.74) is 2.45. The quantitative estimate of drug-likeness (QED) is 0.705. The first-order valence-corrected chi connectivity index (χ1v) is 8.54. The summed E-state index contributed by atoms with van der Waals surface area (Å²) in [6.07, 6.45) is 12.6. The zero-order chi connectivity index (χ0) is 13.3. The van der Waals surface area contributed by atoms with Gasteiger partial charge in [0.1, 0.15) is 0 Å². The van der Waals surface area contributed by atoms with Gasteiger partial charge in [0.05, 0.1) is 11.5 Å². The van der Waals surface area contributed by atoms with Crippen molar-refractivity contribution in [1.29, 1.82) is 0 Å². The maximum atomic E-state index is 11.7. The monoisotopic (exact) mass is 272 g/mol. The molecular formula is C17H20OS. The van der Waals surface area contributed by atoms with E-state index in [2.05, 4.69) is 35.8 Å². The summed E-state index contributed by atoms with van der Waals surface area (Å²) in [6, 6.07) is 0. The predicted octanol–water partition coefficient (Wildman–Crippen LogP) is 3.35. The molecule has 0 radical (unpaired) electrons. The molecule has 2 rings (SSSR count). The highest BCUT2D eigenvalue weighted by Gasteiger charge is 2.01. The summed E-state index contributed by atoms with van der Waals surface area (Å²) in [5, 5.41) is 0. The van der Waals surface area contributed by atoms with E-state index in [-0.39, 0.29) is 0 Å². The van der Waals surface area contributed by atoms with Crippen LogP contribution >= 0.6 is 0 Å². The van der Waals surface area contributed by atoms with E-state index in [1.807, 2.05) is 0 Å². The van der Waals surface area contributed by atoms with Gasteiger partial charge in [-0.25, -0.2) is 0 Å². The van der Waals surface area contributed by atoms with Crippen molar-refractivity contribution in [2.75, 3.05) is 11.5 Å². The molecule has 0 bridgehead atoms. The van der Waals surface area contributed by atoms with Crippen LogP contribution in [0.25, 0.3) is 0 Å². The van der Waals surface area contributed by atoms with Crippen LogP contribution in [0.5, 0.6) is 0 Å². The molecule has 0 N–H and O–H groups in total. The largest absolute Gasteiger partial charge is 0.258 e. The van der Waals surface area contributed by atoms with Gasteiger partial charge in [0.15, 0.2) is 0 Å². The maximum Gasteiger partial charge on any atom is 0.0860 e. The van der Waals surface area contributed by atoms with Crippen molar-refractivity contribution < 1.29 is 4.21 Å². The van der Waals surface area contributed by atoms with Gasteiger partial charge in [0, 0.05) is 10.8 Å². The molecular weight excluding hydrogens is 252 g/mol. The summed E-state index contributed by atoms with van der Waals surface area (Å²) in [7, 11) is -0.926. The van der Waals surface area contributed by atoms with Gasteiger partial charge in [0.2, 0.25) is 0 Å². The van der Waals surface area contributed by atoms with E-state index in [0.29, 0.717) is 11.5 Å². The minimum absolute atomic E-state index is 0.449. The summed E-state index contributed by atoms with van der Waals surface area (Å²) in [5.74, 6) is 13.2. The van der Waals surface area contributed by atoms with Crippen LogP contribution in [0.1, 0.15) is 44.9 Å². The third-order valence-electron chi connectivity index (χ3n) is 3.30. The van der Waals surface area contributed by atoms with Gasteiger partial charge in [-0.1, -0.05) is 35.8 Å². The van der Waals surface area contributed by atoms with E-state index in [9.17, 15) is 4.21 Å². The average Bonchev–Trinajstić information content (AvgIpc) is 2.93. The second kappa shape index (κ2) is 8.03. The standard InChI is InChI=1S/C17H20OS/c18-19(15-7-13-17-10-4-5-11-17)14-6-12-16-8-2-1-3-9-16/h8,10H,1-5,9,11,14-15H2. The SMILES string of the molecule is O=S(CC#CC1=CCCC1)CC#CC1=CCCCC1. The van der Waals surface area contributed by atoms with Crippen molar-refractivity contribution in [2.45, 2.75) is 44.9 Å². The van der Waals surface area contributed by atoms with Gasteiger partial charge >= 0.3 is 0 Å². The highest BCUT2D eigenvalue weighted by molar-refractivity contribution is 7.85. The lowest BCUT2D eigenvalue weighted by Gasteiger charge is -2.05. The van der Waals surface area contributed by atoms with E-state index in [1.54, 1.807) is 0 Å². The Hall–Kier alpha value is -1.25. The lowest BCUT2D eigenvalue weighted by atomic mass is 10.0. The second-order valence-electron chi connectivity index (χ2n) is 4.93. The molecule has 0 aromatic carbocycles. The summed E-state index contributed by atoms with van der Waals surface area (Å²) in [4.78, 5) is 0. The molecule has 2 aliphatic carbocycles. The first-order chi connectivity index (χ1) is 9.34. The fourth-order valence-electron chi connectivity index (χ4n) is 2.25. The lowest BCUT2D eigenvalue weighted by molar-refractivity contribution is 0.687. The minimum atomic E-state index is -0.926. The second-order valence-corrected chi connectivity index (χ2v) is 6.39. The maximum absolute atomic E-state index is 11.7. The van der Waals surface area contributed by atoms with Crippen LogP contribution in [0.15, 0.2) is 23.3 Å². The summed E-state index contributed by atoms with van der Waals surface area (Å²) in [6.45, 7) is 0. The third-order valence-corrected chi connectivity index (χ3v) is 4.23. The molecule has 100 valence electrons. The Morgan fingerprint density at radius 3 is 1.95 bits per heavy atom. The van der Waals surface area contributed by atoms with Gasteiger partial charge in [-0.05, 0) is 56.1 Å². The van der Waals surface area contributed by atoms with E-state index in [0.717, 1.165) is 25.7 Å². The van der Waals surface area contributed by atoms with Gasteiger partial charge in [-0.3, -0.25) is 4.21 Å². The molecule has 0 spiro atoms. The number of hydrogen-bond acceptors (Lipinski definition) is 1. The van der Waals surface area contributed by atoms with Crippen molar-refractivity contribution in [2.24, 2.45) is 0 Å². The first kappa shape index (κ1) is 14.2. The van der Waals surface area contributed by atoms with Gasteiger partial charge in [-0.15, -0.1) is 0 Å². The van der Waals surface area contributed by atoms with Crippen molar-refractivity contribution in [3.8, 4) is 23.7 Å². The molecule has 0 amide bonds. The molecule has 2 aliphatic rings. The van der Waals surface area contributed by atoms with E-state index in [1.165, 1.54) is 30.4 Å². The molecule has 0 fully saturated rings. The van der Waals surface area contributed by atoms with Crippen LogP contribution in [0.4, 0.5) is 0 Å². The Balaban J connectivity index is 1.72. The summed E-state index contributed by atoms with van der Waals surface area (Å²) >= 11 is 0. The topological polar surface area (TPSA) is 17.1 Å². The van der Waals surface area contributed by atoms with Crippen molar-refractivity contribution in [3.63, 3.8) is 0 Å². The smallest absolute Gasteiger partial charge is 0.0860 e. The molecule has 0 aliphatic heterocycles. The predicted molar refractivity (Wildman–Crippen MR) is 81.9 cm³/mol. The van der Waals surface area contributed by atoms with E-state index >= 15 is 0 Å². The fourth-order valence-corrected chi connectivity index (χ4v) is 2.82. The van der Waals surface area contributed by atoms with Crippen LogP contribution < -0.4 is 0 Å². The van der Waals surface area contributed by atoms with Crippen LogP contribution in [0.2, 0.25) is 0 Å². The molecule has 0 saturated heterocycles. The number of allylic oxidation sites excluding steroid dienone is 4. The highest BCUT2D eigenvalue weighted by atomic mass is 32.2. The Kier molecular flexibility index (Phi) is 5.99. The lowest BCUT2D eigenvalue weighted by Crippen LogP contribution is -1.99. The van der Waals surface area contributed by atoms with Gasteiger partial charge < -0.3 is 0 Å². The molecule has 2 heteroatoms. The first-order valence-electron chi connectivity index (χ1n) is 7.05. The Labute approximate surface area is 119 Å². The van der Waals surface area contributed by atoms with Crippen LogP contribution in [0.3, 0.4) is 0 Å². The minimum Gasteiger partial charge on any atom is -0.258 e. The molecule has 1 unspecified atom stereocenters. The fraction of sp³-hybridized carbons (Fsp3) is 0.529. The normalized spacial score (nSPS) is 19.4. The zero-order valence-electron chi connectivity index (χ0n) is 11.3. The average molecular weight is 272 g/mol. The number of rotatable bonds is 2. The molecule has 1 nitrogen and oxygen atoms in total. The van der Waals surface area contributed by atoms with E-state index in [4.69, 9.17) is 0 Å². The van der Waals surface area contributed by atoms with E-state index < -0.39 is 10.8 Å². The van der Waals surface area contributed by atoms with Crippen molar-refractivity contribution >= 4 is 10.8 Å². The Morgan fingerprint density at radius 1 is 0.895 bits per heavy atom. The number of hydrogen-bond donors (Lipinski definition) is 0. The molecule has 0 heterocycles. The van der Waals surface area contributed by atoms with Crippen LogP contribution in [-0.2, 0) is 10.8 Å². The van der Waals surface area contributed by atoms with Gasteiger partial charge in [-0.2, -0.15) is 0 Å². The third kappa shape index (κ3) is 5.50. The molecule has 0 aromatic heterocycles. The van der Waals surface area contributed by atoms with Gasteiger partial charge in [0.25, 0.3) is 0 Å². The summed E-state index contributed by atoms with van der Waals surface area (Å²) < 4.78 is 11.7. The highest BCUT2D eigenvalue weighted by Crippen LogP contribution is 2.16. The van der Waals surface area contributed by atoms with Crippen LogP contribution in [0, 0.1) is 23.7 Å². The Bertz CT molecular complexity index is 517. The van der Waals surface area contributed by atoms with Crippen molar-refractivity contribution in [3.05, 3.63) is 23.3 Å². The Morgan fingerprint density at radius 2 is 1.47 bits per heavy atom. The molecule has 0 saturated carbocycles. The molecule has 0 aromatic rings. The molecule has 19 heavy (non-hydrogen) atoms. The van der Waals surface area contributed by atoms with Crippen LogP contribution in [-0.4, -0.2) is 15.7 Å². The zero-order valence-corrected chi connectivity index (χ0v) is 12.2. The van der Waals surface area contributed by atoms with Crippen molar-refractivity contribution in [1.82, 2.24) is 0 Å². The molecule has 1 atom stereocenters.